The van der Waals surface area contributed by atoms with Crippen LogP contribution in [0, 0.1) is 0 Å². The van der Waals surface area contributed by atoms with E-state index in [1.54, 1.807) is 24.4 Å². The van der Waals surface area contributed by atoms with Crippen molar-refractivity contribution in [2.75, 3.05) is 31.2 Å². The second kappa shape index (κ2) is 10.1. The van der Waals surface area contributed by atoms with Crippen LogP contribution >= 0.6 is 0 Å². The number of aromatic amines is 1. The standard InChI is InChI=1S/C27H29FN6O3/c1-17(35)33-27(2,3)23-9-8-21(16-29-23)37-26-30-22-14-19(15-28)24(31-25(22)32-26)18-4-6-20(7-5-18)34-10-12-36-13-11-34/h4-9,14,16H,10-13,15H2,1-3H3,(H,33,35)(H,30,31,32). The molecule has 4 heterocycles. The fourth-order valence-electron chi connectivity index (χ4n) is 4.44. The number of nitrogens with one attached hydrogen (secondary N) is 2. The van der Waals surface area contributed by atoms with Crippen LogP contribution in [0.1, 0.15) is 32.0 Å². The summed E-state index contributed by atoms with van der Waals surface area (Å²) in [6, 6.07) is 13.4. The van der Waals surface area contributed by atoms with Crippen LogP contribution in [0.5, 0.6) is 11.8 Å². The van der Waals surface area contributed by atoms with Crippen LogP contribution in [0.4, 0.5) is 10.1 Å². The number of H-pyrrole nitrogens is 1. The number of imidazole rings is 1. The normalized spacial score (nSPS) is 14.1. The molecule has 0 unspecified atom stereocenters. The molecule has 10 heteroatoms. The molecule has 1 aromatic carbocycles. The van der Waals surface area contributed by atoms with Gasteiger partial charge < -0.3 is 24.7 Å². The zero-order valence-electron chi connectivity index (χ0n) is 21.0. The lowest BCUT2D eigenvalue weighted by Crippen LogP contribution is -2.40. The summed E-state index contributed by atoms with van der Waals surface area (Å²) in [6.45, 7) is 7.68. The predicted octanol–water partition coefficient (Wildman–Crippen LogP) is 4.49. The van der Waals surface area contributed by atoms with Gasteiger partial charge >= 0.3 is 6.01 Å². The molecule has 1 fully saturated rings. The van der Waals surface area contributed by atoms with Gasteiger partial charge in [0, 0.05) is 36.8 Å². The van der Waals surface area contributed by atoms with Crippen LogP contribution in [-0.4, -0.2) is 52.1 Å². The average molecular weight is 505 g/mol. The van der Waals surface area contributed by atoms with E-state index < -0.39 is 12.2 Å². The van der Waals surface area contributed by atoms with Gasteiger partial charge in [-0.25, -0.2) is 9.37 Å². The van der Waals surface area contributed by atoms with Gasteiger partial charge in [0.1, 0.15) is 12.4 Å². The number of hydrogen-bond acceptors (Lipinski definition) is 7. The molecule has 0 atom stereocenters. The average Bonchev–Trinajstić information content (AvgIpc) is 3.29. The highest BCUT2D eigenvalue weighted by atomic mass is 19.1. The molecular weight excluding hydrogens is 475 g/mol. The van der Waals surface area contributed by atoms with Crippen molar-refractivity contribution >= 4 is 22.8 Å². The number of pyridine rings is 2. The third kappa shape index (κ3) is 5.39. The summed E-state index contributed by atoms with van der Waals surface area (Å²) >= 11 is 0. The van der Waals surface area contributed by atoms with Crippen LogP contribution in [0.25, 0.3) is 22.4 Å². The summed E-state index contributed by atoms with van der Waals surface area (Å²) in [5.74, 6) is 0.327. The molecule has 1 saturated heterocycles. The summed E-state index contributed by atoms with van der Waals surface area (Å²) in [5, 5.41) is 2.86. The smallest absolute Gasteiger partial charge is 0.301 e. The number of anilines is 1. The molecule has 0 spiro atoms. The Morgan fingerprint density at radius 3 is 2.57 bits per heavy atom. The third-order valence-electron chi connectivity index (χ3n) is 6.27. The van der Waals surface area contributed by atoms with E-state index in [0.29, 0.717) is 47.1 Å². The SMILES string of the molecule is CC(=O)NC(C)(C)c1ccc(Oc2nc3nc(-c4ccc(N5CCOCC5)cc4)c(CF)cc3[nH]2)cn1. The topological polar surface area (TPSA) is 105 Å². The number of aromatic nitrogens is 4. The highest BCUT2D eigenvalue weighted by Crippen LogP contribution is 2.30. The number of carbonyl (C=O) groups excluding carboxylic acids is 1. The van der Waals surface area contributed by atoms with Gasteiger partial charge in [-0.2, -0.15) is 4.98 Å². The minimum atomic E-state index is -0.659. The van der Waals surface area contributed by atoms with Crippen molar-refractivity contribution in [2.24, 2.45) is 0 Å². The van der Waals surface area contributed by atoms with E-state index in [-0.39, 0.29) is 11.9 Å². The van der Waals surface area contributed by atoms with E-state index in [9.17, 15) is 9.18 Å². The van der Waals surface area contributed by atoms with Gasteiger partial charge in [0.25, 0.3) is 0 Å². The number of benzene rings is 1. The van der Waals surface area contributed by atoms with Crippen molar-refractivity contribution in [1.29, 1.82) is 0 Å². The maximum Gasteiger partial charge on any atom is 0.301 e. The first-order valence-electron chi connectivity index (χ1n) is 12.1. The van der Waals surface area contributed by atoms with E-state index in [1.165, 1.54) is 6.92 Å². The summed E-state index contributed by atoms with van der Waals surface area (Å²) in [6.07, 6.45) is 1.56. The van der Waals surface area contributed by atoms with Gasteiger partial charge in [0.2, 0.25) is 5.91 Å². The fraction of sp³-hybridized carbons (Fsp3) is 0.333. The molecule has 0 aliphatic carbocycles. The molecule has 4 aromatic rings. The van der Waals surface area contributed by atoms with Gasteiger partial charge in [0.15, 0.2) is 5.65 Å². The Balaban J connectivity index is 1.37. The van der Waals surface area contributed by atoms with Crippen molar-refractivity contribution in [2.45, 2.75) is 33.0 Å². The Morgan fingerprint density at radius 1 is 1.16 bits per heavy atom. The molecule has 1 aliphatic heterocycles. The molecule has 3 aromatic heterocycles. The monoisotopic (exact) mass is 504 g/mol. The quantitative estimate of drug-likeness (QED) is 0.382. The lowest BCUT2D eigenvalue weighted by Gasteiger charge is -2.28. The second-order valence-electron chi connectivity index (χ2n) is 9.48. The number of ether oxygens (including phenoxy) is 2. The molecule has 2 N–H and O–H groups in total. The highest BCUT2D eigenvalue weighted by molar-refractivity contribution is 5.79. The molecule has 5 rings (SSSR count). The number of amides is 1. The van der Waals surface area contributed by atoms with Crippen LogP contribution in [0.15, 0.2) is 48.7 Å². The first-order valence-corrected chi connectivity index (χ1v) is 12.1. The van der Waals surface area contributed by atoms with Gasteiger partial charge in [-0.05, 0) is 44.2 Å². The van der Waals surface area contributed by atoms with Gasteiger partial charge in [-0.15, -0.1) is 0 Å². The molecule has 1 aliphatic rings. The molecule has 0 radical (unpaired) electrons. The first kappa shape index (κ1) is 24.6. The number of alkyl halides is 1. The van der Waals surface area contributed by atoms with Crippen LogP contribution in [0.3, 0.4) is 0 Å². The number of nitrogens with zero attached hydrogens (tertiary/aromatic N) is 4. The lowest BCUT2D eigenvalue weighted by molar-refractivity contribution is -0.120. The number of hydrogen-bond donors (Lipinski definition) is 2. The molecule has 0 saturated carbocycles. The highest BCUT2D eigenvalue weighted by Gasteiger charge is 2.23. The number of halogens is 1. The third-order valence-corrected chi connectivity index (χ3v) is 6.27. The van der Waals surface area contributed by atoms with E-state index in [4.69, 9.17) is 9.47 Å². The minimum Gasteiger partial charge on any atom is -0.424 e. The van der Waals surface area contributed by atoms with E-state index in [0.717, 1.165) is 24.3 Å². The van der Waals surface area contributed by atoms with Gasteiger partial charge in [-0.3, -0.25) is 9.78 Å². The molecular formula is C27H29FN6O3. The van der Waals surface area contributed by atoms with Crippen molar-refractivity contribution in [3.63, 3.8) is 0 Å². The van der Waals surface area contributed by atoms with E-state index in [1.807, 2.05) is 38.1 Å². The summed E-state index contributed by atoms with van der Waals surface area (Å²) < 4.78 is 25.2. The molecule has 9 nitrogen and oxygen atoms in total. The Hall–Kier alpha value is -4.05. The number of fused-ring (bicyclic) bond motifs is 1. The molecule has 1 amide bonds. The molecule has 192 valence electrons. The summed E-state index contributed by atoms with van der Waals surface area (Å²) in [4.78, 5) is 30.3. The van der Waals surface area contributed by atoms with Crippen LogP contribution < -0.4 is 15.0 Å². The van der Waals surface area contributed by atoms with Crippen molar-refractivity contribution in [3.8, 4) is 23.0 Å². The lowest BCUT2D eigenvalue weighted by atomic mass is 10.00. The maximum atomic E-state index is 14.0. The zero-order chi connectivity index (χ0) is 26.0. The van der Waals surface area contributed by atoms with E-state index >= 15 is 0 Å². The first-order chi connectivity index (χ1) is 17.8. The Morgan fingerprint density at radius 2 is 1.92 bits per heavy atom. The van der Waals surface area contributed by atoms with Crippen LogP contribution in [-0.2, 0) is 21.7 Å². The Bertz CT molecular complexity index is 1400. The maximum absolute atomic E-state index is 14.0. The number of rotatable bonds is 7. The largest absolute Gasteiger partial charge is 0.424 e. The Kier molecular flexibility index (Phi) is 6.75. The fourth-order valence-corrected chi connectivity index (χ4v) is 4.44. The van der Waals surface area contributed by atoms with Crippen molar-refractivity contribution < 1.29 is 18.7 Å². The van der Waals surface area contributed by atoms with Crippen LogP contribution in [0.2, 0.25) is 0 Å². The minimum absolute atomic E-state index is 0.137. The summed E-state index contributed by atoms with van der Waals surface area (Å²) in [7, 11) is 0. The summed E-state index contributed by atoms with van der Waals surface area (Å²) in [5.41, 5.74) is 4.01. The van der Waals surface area contributed by atoms with Crippen molar-refractivity contribution in [3.05, 3.63) is 59.9 Å². The predicted molar refractivity (Wildman–Crippen MR) is 138 cm³/mol. The van der Waals surface area contributed by atoms with Crippen molar-refractivity contribution in [1.82, 2.24) is 25.3 Å². The zero-order valence-corrected chi connectivity index (χ0v) is 21.0. The van der Waals surface area contributed by atoms with Gasteiger partial charge in [-0.1, -0.05) is 12.1 Å². The van der Waals surface area contributed by atoms with E-state index in [2.05, 4.69) is 30.2 Å². The number of morpholine rings is 1. The second-order valence-corrected chi connectivity index (χ2v) is 9.48. The van der Waals surface area contributed by atoms with Gasteiger partial charge in [0.05, 0.1) is 41.9 Å². The molecule has 0 bridgehead atoms. The number of carbonyl (C=O) groups is 1. The Labute approximate surface area is 214 Å². The molecule has 37 heavy (non-hydrogen) atoms.